The van der Waals surface area contributed by atoms with Crippen molar-refractivity contribution >= 4 is 5.69 Å². The monoisotopic (exact) mass is 399 g/mol. The lowest BCUT2D eigenvalue weighted by Gasteiger charge is -2.38. The van der Waals surface area contributed by atoms with E-state index in [9.17, 15) is 26.3 Å². The molecule has 4 rings (SSSR count). The second-order valence-electron chi connectivity index (χ2n) is 6.86. The Morgan fingerprint density at radius 3 is 2.39 bits per heavy atom. The SMILES string of the molecule is FC(F)(F)Oc1ccc2c(c1)C1C=CCC1C(c1ccccc1C(F)(F)F)N2. The molecule has 0 aromatic heterocycles. The van der Waals surface area contributed by atoms with Gasteiger partial charge in [0.05, 0.1) is 11.6 Å². The van der Waals surface area contributed by atoms with E-state index < -0.39 is 24.1 Å². The van der Waals surface area contributed by atoms with Crippen molar-refractivity contribution in [2.75, 3.05) is 5.32 Å². The molecule has 1 aliphatic carbocycles. The number of benzene rings is 2. The summed E-state index contributed by atoms with van der Waals surface area (Å²) in [5, 5.41) is 3.11. The number of ether oxygens (including phenoxy) is 1. The van der Waals surface area contributed by atoms with E-state index in [1.165, 1.54) is 24.3 Å². The highest BCUT2D eigenvalue weighted by atomic mass is 19.4. The summed E-state index contributed by atoms with van der Waals surface area (Å²) in [6.45, 7) is 0. The molecule has 1 aliphatic heterocycles. The fourth-order valence-corrected chi connectivity index (χ4v) is 4.10. The molecule has 3 atom stereocenters. The Kier molecular flexibility index (Phi) is 4.32. The van der Waals surface area contributed by atoms with Crippen molar-refractivity contribution in [3.63, 3.8) is 0 Å². The molecular formula is C20H15F6NO. The molecule has 8 heteroatoms. The van der Waals surface area contributed by atoms with Gasteiger partial charge in [0.25, 0.3) is 0 Å². The maximum Gasteiger partial charge on any atom is 0.573 e. The standard InChI is InChI=1S/C20H15F6NO/c21-19(22,23)16-7-2-1-4-14(16)18-13-6-3-5-12(13)15-10-11(28-20(24,25)26)8-9-17(15)27-18/h1-5,7-10,12-13,18,27H,6H2. The highest BCUT2D eigenvalue weighted by Crippen LogP contribution is 2.52. The van der Waals surface area contributed by atoms with Gasteiger partial charge >= 0.3 is 12.5 Å². The van der Waals surface area contributed by atoms with Crippen LogP contribution in [0, 0.1) is 5.92 Å². The van der Waals surface area contributed by atoms with Crippen LogP contribution >= 0.6 is 0 Å². The van der Waals surface area contributed by atoms with Crippen molar-refractivity contribution in [1.29, 1.82) is 0 Å². The number of alkyl halides is 6. The Hall–Kier alpha value is -2.64. The molecule has 2 nitrogen and oxygen atoms in total. The molecule has 2 aromatic carbocycles. The van der Waals surface area contributed by atoms with Crippen molar-refractivity contribution in [2.45, 2.75) is 30.9 Å². The van der Waals surface area contributed by atoms with Gasteiger partial charge in [0, 0.05) is 11.6 Å². The van der Waals surface area contributed by atoms with Crippen LogP contribution in [0.25, 0.3) is 0 Å². The van der Waals surface area contributed by atoms with Crippen LogP contribution in [-0.4, -0.2) is 6.36 Å². The van der Waals surface area contributed by atoms with Gasteiger partial charge in [0.15, 0.2) is 0 Å². The lowest BCUT2D eigenvalue weighted by Crippen LogP contribution is -2.31. The van der Waals surface area contributed by atoms with E-state index in [2.05, 4.69) is 10.1 Å². The first-order valence-electron chi connectivity index (χ1n) is 8.62. The minimum Gasteiger partial charge on any atom is -0.406 e. The molecule has 2 aromatic rings. The van der Waals surface area contributed by atoms with Gasteiger partial charge in [-0.05, 0) is 47.7 Å². The highest BCUT2D eigenvalue weighted by molar-refractivity contribution is 5.62. The van der Waals surface area contributed by atoms with Gasteiger partial charge < -0.3 is 10.1 Å². The zero-order valence-corrected chi connectivity index (χ0v) is 14.3. The van der Waals surface area contributed by atoms with Gasteiger partial charge in [-0.25, -0.2) is 0 Å². The minimum atomic E-state index is -4.81. The van der Waals surface area contributed by atoms with E-state index in [0.717, 1.165) is 12.1 Å². The van der Waals surface area contributed by atoms with E-state index in [1.54, 1.807) is 6.07 Å². The molecule has 0 spiro atoms. The molecule has 0 fully saturated rings. The van der Waals surface area contributed by atoms with Crippen LogP contribution in [0.4, 0.5) is 32.0 Å². The van der Waals surface area contributed by atoms with Crippen LogP contribution in [-0.2, 0) is 6.18 Å². The summed E-state index contributed by atoms with van der Waals surface area (Å²) >= 11 is 0. The van der Waals surface area contributed by atoms with Crippen LogP contribution in [0.5, 0.6) is 5.75 Å². The third kappa shape index (κ3) is 3.43. The first kappa shape index (κ1) is 18.7. The first-order chi connectivity index (χ1) is 13.1. The molecule has 0 amide bonds. The zero-order valence-electron chi connectivity index (χ0n) is 14.3. The quantitative estimate of drug-likeness (QED) is 0.464. The minimum absolute atomic E-state index is 0.134. The lowest BCUT2D eigenvalue weighted by atomic mass is 9.76. The number of fused-ring (bicyclic) bond motifs is 3. The first-order valence-corrected chi connectivity index (χ1v) is 8.62. The van der Waals surface area contributed by atoms with E-state index >= 15 is 0 Å². The third-order valence-corrected chi connectivity index (χ3v) is 5.17. The van der Waals surface area contributed by atoms with Gasteiger partial charge in [-0.3, -0.25) is 0 Å². The van der Waals surface area contributed by atoms with Crippen LogP contribution in [0.3, 0.4) is 0 Å². The summed E-state index contributed by atoms with van der Waals surface area (Å²) < 4.78 is 82.0. The van der Waals surface area contributed by atoms with Crippen molar-refractivity contribution in [3.8, 4) is 5.75 Å². The topological polar surface area (TPSA) is 21.3 Å². The summed E-state index contributed by atoms with van der Waals surface area (Å²) in [7, 11) is 0. The summed E-state index contributed by atoms with van der Waals surface area (Å²) in [5.74, 6) is -0.877. The maximum absolute atomic E-state index is 13.5. The average Bonchev–Trinajstić information content (AvgIpc) is 3.09. The van der Waals surface area contributed by atoms with E-state index in [-0.39, 0.29) is 23.1 Å². The zero-order chi connectivity index (χ0) is 20.1. The van der Waals surface area contributed by atoms with Crippen LogP contribution in [0.15, 0.2) is 54.6 Å². The van der Waals surface area contributed by atoms with Crippen molar-refractivity contribution in [1.82, 2.24) is 0 Å². The molecule has 1 N–H and O–H groups in total. The fourth-order valence-electron chi connectivity index (χ4n) is 4.10. The summed E-state index contributed by atoms with van der Waals surface area (Å²) in [6.07, 6.45) is -5.09. The highest BCUT2D eigenvalue weighted by Gasteiger charge is 2.42. The molecule has 28 heavy (non-hydrogen) atoms. The molecule has 3 unspecified atom stereocenters. The van der Waals surface area contributed by atoms with E-state index in [0.29, 0.717) is 17.7 Å². The molecular weight excluding hydrogens is 384 g/mol. The molecule has 2 aliphatic rings. The predicted octanol–water partition coefficient (Wildman–Crippen LogP) is 6.43. The molecule has 0 radical (unpaired) electrons. The number of hydrogen-bond donors (Lipinski definition) is 1. The lowest BCUT2D eigenvalue weighted by molar-refractivity contribution is -0.274. The molecule has 148 valence electrons. The average molecular weight is 399 g/mol. The van der Waals surface area contributed by atoms with Gasteiger partial charge in [-0.2, -0.15) is 13.2 Å². The van der Waals surface area contributed by atoms with Crippen molar-refractivity contribution in [3.05, 3.63) is 71.3 Å². The fraction of sp³-hybridized carbons (Fsp3) is 0.300. The van der Waals surface area contributed by atoms with E-state index in [4.69, 9.17) is 0 Å². The second-order valence-corrected chi connectivity index (χ2v) is 6.86. The summed E-state index contributed by atoms with van der Waals surface area (Å²) in [5.41, 5.74) is 0.513. The Bertz CT molecular complexity index is 918. The Morgan fingerprint density at radius 2 is 1.68 bits per heavy atom. The predicted molar refractivity (Wildman–Crippen MR) is 90.9 cm³/mol. The van der Waals surface area contributed by atoms with Crippen molar-refractivity contribution in [2.24, 2.45) is 5.92 Å². The number of rotatable bonds is 2. The number of hydrogen-bond acceptors (Lipinski definition) is 2. The largest absolute Gasteiger partial charge is 0.573 e. The van der Waals surface area contributed by atoms with Crippen LogP contribution in [0.2, 0.25) is 0 Å². The molecule has 1 heterocycles. The number of allylic oxidation sites excluding steroid dienone is 2. The maximum atomic E-state index is 13.5. The summed E-state index contributed by atoms with van der Waals surface area (Å²) in [6, 6.07) is 8.65. The molecule has 0 saturated heterocycles. The molecule has 0 bridgehead atoms. The number of anilines is 1. The second kappa shape index (κ2) is 6.46. The molecule has 0 saturated carbocycles. The smallest absolute Gasteiger partial charge is 0.406 e. The normalized spacial score (nSPS) is 23.7. The van der Waals surface area contributed by atoms with Gasteiger partial charge in [-0.1, -0.05) is 30.4 Å². The Labute approximate surface area is 156 Å². The van der Waals surface area contributed by atoms with Gasteiger partial charge in [0.1, 0.15) is 5.75 Å². The number of halogens is 6. The van der Waals surface area contributed by atoms with Gasteiger partial charge in [0.2, 0.25) is 0 Å². The van der Waals surface area contributed by atoms with Crippen molar-refractivity contribution < 1.29 is 31.1 Å². The van der Waals surface area contributed by atoms with Gasteiger partial charge in [-0.15, -0.1) is 13.2 Å². The summed E-state index contributed by atoms with van der Waals surface area (Å²) in [4.78, 5) is 0. The van der Waals surface area contributed by atoms with Crippen LogP contribution in [0.1, 0.15) is 35.1 Å². The Morgan fingerprint density at radius 1 is 0.929 bits per heavy atom. The number of nitrogens with one attached hydrogen (secondary N) is 1. The van der Waals surface area contributed by atoms with E-state index in [1.807, 2.05) is 12.2 Å². The Balaban J connectivity index is 1.75. The third-order valence-electron chi connectivity index (χ3n) is 5.17. The van der Waals surface area contributed by atoms with Crippen LogP contribution < -0.4 is 10.1 Å².